The van der Waals surface area contributed by atoms with Gasteiger partial charge in [0.05, 0.1) is 29.5 Å². The topological polar surface area (TPSA) is 143 Å². The van der Waals surface area contributed by atoms with Crippen molar-refractivity contribution < 1.29 is 34.7 Å². The van der Waals surface area contributed by atoms with Crippen molar-refractivity contribution in [2.24, 2.45) is 0 Å². The van der Waals surface area contributed by atoms with E-state index in [2.05, 4.69) is 15.0 Å². The van der Waals surface area contributed by atoms with Crippen molar-refractivity contribution in [3.8, 4) is 29.0 Å². The lowest BCUT2D eigenvalue weighted by Crippen LogP contribution is -2.35. The molecule has 0 aromatic carbocycles. The molecule has 36 heavy (non-hydrogen) atoms. The molecular weight excluding hydrogens is 523 g/mol. The van der Waals surface area contributed by atoms with Crippen molar-refractivity contribution in [2.75, 3.05) is 16.2 Å². The maximum atomic E-state index is 13.2. The number of sulfonamides is 2. The highest BCUT2D eigenvalue weighted by Gasteiger charge is 2.36. The van der Waals surface area contributed by atoms with Crippen molar-refractivity contribution in [3.05, 3.63) is 59.2 Å². The Bertz CT molecular complexity index is 1570. The van der Waals surface area contributed by atoms with E-state index in [1.165, 1.54) is 31.5 Å². The number of halogens is 3. The third-order valence-corrected chi connectivity index (χ3v) is 7.86. The van der Waals surface area contributed by atoms with Gasteiger partial charge in [0.25, 0.3) is 0 Å². The summed E-state index contributed by atoms with van der Waals surface area (Å²) in [5.41, 5.74) is -1.51. The number of ether oxygens (including phenoxy) is 1. The predicted molar refractivity (Wildman–Crippen MR) is 123 cm³/mol. The van der Waals surface area contributed by atoms with Crippen LogP contribution >= 0.6 is 0 Å². The number of nitriles is 1. The van der Waals surface area contributed by atoms with Crippen LogP contribution < -0.4 is 8.45 Å². The van der Waals surface area contributed by atoms with E-state index >= 15 is 0 Å². The predicted octanol–water partition coefficient (Wildman–Crippen LogP) is 3.56. The molecule has 0 spiro atoms. The van der Waals surface area contributed by atoms with Gasteiger partial charge in [0.2, 0.25) is 25.9 Å². The number of pyridine rings is 3. The molecule has 0 amide bonds. The van der Waals surface area contributed by atoms with Crippen LogP contribution in [0.15, 0.2) is 36.7 Å². The second-order valence-electron chi connectivity index (χ2n) is 7.66. The number of hydrogen-bond acceptors (Lipinski definition) is 9. The third-order valence-electron chi connectivity index (χ3n) is 4.63. The van der Waals surface area contributed by atoms with E-state index < -0.39 is 43.5 Å². The number of rotatable bonds is 6. The minimum atomic E-state index is -4.72. The van der Waals surface area contributed by atoms with Crippen LogP contribution in [0.2, 0.25) is 0 Å². The van der Waals surface area contributed by atoms with Crippen molar-refractivity contribution in [1.29, 1.82) is 5.26 Å². The molecular formula is C21H18F3N5O5S2. The second-order valence-corrected chi connectivity index (χ2v) is 11.5. The van der Waals surface area contributed by atoms with E-state index in [0.29, 0.717) is 18.1 Å². The molecule has 3 heterocycles. The minimum Gasteiger partial charge on any atom is -0.435 e. The molecule has 15 heteroatoms. The smallest absolute Gasteiger partial charge is 0.433 e. The Labute approximate surface area is 205 Å². The molecule has 0 unspecified atom stereocenters. The Morgan fingerprint density at radius 1 is 1.00 bits per heavy atom. The maximum absolute atomic E-state index is 13.2. The van der Waals surface area contributed by atoms with E-state index in [4.69, 9.17) is 10.00 Å². The third kappa shape index (κ3) is 5.71. The van der Waals surface area contributed by atoms with E-state index in [0.717, 1.165) is 19.1 Å². The molecule has 10 nitrogen and oxygen atoms in total. The van der Waals surface area contributed by atoms with Gasteiger partial charge in [-0.15, -0.1) is 0 Å². The van der Waals surface area contributed by atoms with Gasteiger partial charge in [0, 0.05) is 18.0 Å². The number of hydrogen-bond donors (Lipinski definition) is 0. The summed E-state index contributed by atoms with van der Waals surface area (Å²) in [6.07, 6.45) is -0.766. The molecule has 3 aromatic heterocycles. The summed E-state index contributed by atoms with van der Waals surface area (Å²) >= 11 is 0. The zero-order valence-corrected chi connectivity index (χ0v) is 20.8. The van der Waals surface area contributed by atoms with Crippen LogP contribution in [0.1, 0.15) is 22.5 Å². The standard InChI is InChI=1S/C21H18F3N5O5S2/c1-12-7-18(13(2)27-19(12)21(22,23)24)34-20-17(29(35(3,30)31)36(4,32)33)6-5-16(28-20)15-8-14(9-25)10-26-11-15/h5-8,10-11H,1-4H3. The summed E-state index contributed by atoms with van der Waals surface area (Å²) < 4.78 is 95.0. The first-order chi connectivity index (χ1) is 16.5. The van der Waals surface area contributed by atoms with Gasteiger partial charge < -0.3 is 4.74 Å². The highest BCUT2D eigenvalue weighted by Crippen LogP contribution is 2.38. The lowest BCUT2D eigenvalue weighted by molar-refractivity contribution is -0.141. The number of aryl methyl sites for hydroxylation is 2. The van der Waals surface area contributed by atoms with Gasteiger partial charge in [0.1, 0.15) is 17.5 Å². The molecule has 190 valence electrons. The van der Waals surface area contributed by atoms with Crippen LogP contribution in [0, 0.1) is 25.2 Å². The van der Waals surface area contributed by atoms with Gasteiger partial charge in [-0.25, -0.2) is 26.8 Å². The van der Waals surface area contributed by atoms with Crippen LogP contribution in [0.3, 0.4) is 0 Å². The number of nitrogens with zero attached hydrogens (tertiary/aromatic N) is 5. The van der Waals surface area contributed by atoms with Crippen molar-refractivity contribution in [1.82, 2.24) is 15.0 Å². The molecule has 0 radical (unpaired) electrons. The molecule has 0 aliphatic carbocycles. The minimum absolute atomic E-state index is 0.0930. The summed E-state index contributed by atoms with van der Waals surface area (Å²) in [5, 5.41) is 9.13. The molecule has 3 rings (SSSR count). The molecule has 0 bridgehead atoms. The molecule has 0 aliphatic heterocycles. The zero-order chi connectivity index (χ0) is 27.1. The van der Waals surface area contributed by atoms with Crippen LogP contribution in [-0.2, 0) is 26.2 Å². The van der Waals surface area contributed by atoms with Crippen LogP contribution in [-0.4, -0.2) is 44.3 Å². The first-order valence-corrected chi connectivity index (χ1v) is 13.5. The molecule has 0 atom stereocenters. The summed E-state index contributed by atoms with van der Waals surface area (Å²) in [6.45, 7) is 2.39. The Balaban J connectivity index is 2.27. The quantitative estimate of drug-likeness (QED) is 0.457. The molecule has 0 saturated heterocycles. The van der Waals surface area contributed by atoms with Crippen molar-refractivity contribution >= 4 is 25.7 Å². The van der Waals surface area contributed by atoms with Gasteiger partial charge in [-0.05, 0) is 43.7 Å². The Kier molecular flexibility index (Phi) is 6.97. The molecule has 3 aromatic rings. The highest BCUT2D eigenvalue weighted by atomic mass is 32.3. The average Bonchev–Trinajstić information content (AvgIpc) is 2.74. The maximum Gasteiger partial charge on any atom is 0.433 e. The molecule has 0 N–H and O–H groups in total. The Morgan fingerprint density at radius 2 is 1.64 bits per heavy atom. The van der Waals surface area contributed by atoms with Crippen molar-refractivity contribution in [3.63, 3.8) is 0 Å². The van der Waals surface area contributed by atoms with Gasteiger partial charge in [0.15, 0.2) is 5.75 Å². The number of anilines is 1. The van der Waals surface area contributed by atoms with Crippen LogP contribution in [0.25, 0.3) is 11.3 Å². The molecule has 0 fully saturated rings. The monoisotopic (exact) mass is 541 g/mol. The normalized spacial score (nSPS) is 12.2. The lowest BCUT2D eigenvalue weighted by Gasteiger charge is -2.22. The fraction of sp³-hybridized carbons (Fsp3) is 0.238. The van der Waals surface area contributed by atoms with Gasteiger partial charge in [-0.2, -0.15) is 22.1 Å². The fourth-order valence-corrected chi connectivity index (χ4v) is 6.19. The number of aromatic nitrogens is 3. The lowest BCUT2D eigenvalue weighted by atomic mass is 10.1. The van der Waals surface area contributed by atoms with Crippen LogP contribution in [0.5, 0.6) is 11.6 Å². The first-order valence-electron chi connectivity index (χ1n) is 9.82. The second kappa shape index (κ2) is 9.36. The van der Waals surface area contributed by atoms with Gasteiger partial charge >= 0.3 is 6.18 Å². The van der Waals surface area contributed by atoms with E-state index in [1.807, 2.05) is 6.07 Å². The zero-order valence-electron chi connectivity index (χ0n) is 19.2. The van der Waals surface area contributed by atoms with E-state index in [1.54, 1.807) is 0 Å². The molecule has 0 aliphatic rings. The summed E-state index contributed by atoms with van der Waals surface area (Å²) in [5.74, 6) is -0.757. The Hall–Kier alpha value is -3.77. The number of alkyl halides is 3. The van der Waals surface area contributed by atoms with Gasteiger partial charge in [-0.3, -0.25) is 4.98 Å². The summed E-state index contributed by atoms with van der Waals surface area (Å²) in [7, 11) is -8.83. The SMILES string of the molecule is Cc1cc(Oc2nc(-c3cncc(C#N)c3)ccc2N(S(C)(=O)=O)S(C)(=O)=O)c(C)nc1C(F)(F)F. The van der Waals surface area contributed by atoms with Gasteiger partial charge in [-0.1, -0.05) is 0 Å². The fourth-order valence-electron chi connectivity index (χ4n) is 3.23. The largest absolute Gasteiger partial charge is 0.435 e. The van der Waals surface area contributed by atoms with Crippen LogP contribution in [0.4, 0.5) is 18.9 Å². The Morgan fingerprint density at radius 3 is 2.19 bits per heavy atom. The highest BCUT2D eigenvalue weighted by molar-refractivity contribution is 8.09. The summed E-state index contributed by atoms with van der Waals surface area (Å²) in [6, 6.07) is 6.76. The van der Waals surface area contributed by atoms with E-state index in [9.17, 15) is 30.0 Å². The average molecular weight is 542 g/mol. The summed E-state index contributed by atoms with van der Waals surface area (Å²) in [4.78, 5) is 11.7. The van der Waals surface area contributed by atoms with E-state index in [-0.39, 0.29) is 32.0 Å². The molecule has 0 saturated carbocycles. The van der Waals surface area contributed by atoms with Crippen molar-refractivity contribution in [2.45, 2.75) is 20.0 Å². The first kappa shape index (κ1) is 26.8.